The zero-order valence-corrected chi connectivity index (χ0v) is 12.8. The molecule has 3 rings (SSSR count). The lowest BCUT2D eigenvalue weighted by molar-refractivity contribution is -0.107. The molecule has 1 aliphatic heterocycles. The fraction of sp³-hybridized carbons (Fsp3) is 0.0526. The number of rotatable bonds is 4. The van der Waals surface area contributed by atoms with Crippen LogP contribution < -0.4 is 0 Å². The minimum Gasteiger partial charge on any atom is -0.279 e. The zero-order chi connectivity index (χ0) is 15.2. The highest BCUT2D eigenvalue weighted by Gasteiger charge is 2.22. The van der Waals surface area contributed by atoms with Gasteiger partial charge in [0.15, 0.2) is 0 Å². The summed E-state index contributed by atoms with van der Waals surface area (Å²) in [7, 11) is 0. The molecule has 0 atom stereocenters. The summed E-state index contributed by atoms with van der Waals surface area (Å²) >= 11 is 1.20. The smallest absolute Gasteiger partial charge is 0.243 e. The van der Waals surface area contributed by atoms with Crippen LogP contribution >= 0.6 is 11.8 Å². The van der Waals surface area contributed by atoms with Gasteiger partial charge in [0, 0.05) is 5.56 Å². The Morgan fingerprint density at radius 1 is 0.955 bits per heavy atom. The van der Waals surface area contributed by atoms with E-state index < -0.39 is 0 Å². The maximum Gasteiger partial charge on any atom is 0.243 e. The first kappa shape index (κ1) is 14.5. The van der Waals surface area contributed by atoms with Gasteiger partial charge in [0.1, 0.15) is 10.7 Å². The van der Waals surface area contributed by atoms with Crippen molar-refractivity contribution < 1.29 is 4.79 Å². The summed E-state index contributed by atoms with van der Waals surface area (Å²) in [5.41, 5.74) is 2.69. The Hall–Kier alpha value is -2.39. The van der Waals surface area contributed by atoms with Gasteiger partial charge < -0.3 is 0 Å². The number of hydrogen-bond acceptors (Lipinski definition) is 3. The molecule has 0 aliphatic carbocycles. The lowest BCUT2D eigenvalue weighted by atomic mass is 10.2. The summed E-state index contributed by atoms with van der Waals surface area (Å²) in [6, 6.07) is 19.9. The molecule has 0 saturated carbocycles. The van der Waals surface area contributed by atoms with E-state index in [1.807, 2.05) is 78.9 Å². The maximum absolute atomic E-state index is 12.0. The molecule has 2 aromatic carbocycles. The van der Waals surface area contributed by atoms with Crippen LogP contribution in [0.2, 0.25) is 0 Å². The summed E-state index contributed by atoms with van der Waals surface area (Å²) in [6.07, 6.45) is 6.66. The third kappa shape index (κ3) is 3.62. The molecule has 22 heavy (non-hydrogen) atoms. The van der Waals surface area contributed by atoms with E-state index in [2.05, 4.69) is 4.99 Å². The molecule has 0 saturated heterocycles. The van der Waals surface area contributed by atoms with Crippen LogP contribution in [0.1, 0.15) is 17.5 Å². The molecular weight excluding hydrogens is 290 g/mol. The van der Waals surface area contributed by atoms with Crippen LogP contribution in [0.25, 0.3) is 6.08 Å². The Morgan fingerprint density at radius 3 is 2.36 bits per heavy atom. The number of carbonyl (C=O) groups excluding carboxylic acids is 1. The van der Waals surface area contributed by atoms with Crippen molar-refractivity contribution in [2.75, 3.05) is 0 Å². The standard InChI is InChI=1S/C19H15NOS/c21-19-17(14-8-7-11-15-9-3-1-4-10-15)20-18(22-19)16-12-5-2-6-13-16/h1-7,9-14H,8H2/b11-7-,17-14-. The SMILES string of the molecule is O=C1SC(c2ccccc2)=N/C1=C\C/C=C\c1ccccc1. The van der Waals surface area contributed by atoms with Crippen LogP contribution in [0, 0.1) is 0 Å². The minimum absolute atomic E-state index is 0.0203. The zero-order valence-electron chi connectivity index (χ0n) is 12.0. The van der Waals surface area contributed by atoms with Crippen LogP contribution in [0.4, 0.5) is 0 Å². The van der Waals surface area contributed by atoms with Crippen LogP contribution in [0.3, 0.4) is 0 Å². The number of benzene rings is 2. The average molecular weight is 305 g/mol. The van der Waals surface area contributed by atoms with E-state index in [1.165, 1.54) is 11.8 Å². The van der Waals surface area contributed by atoms with Crippen LogP contribution in [0.15, 0.2) is 83.5 Å². The van der Waals surface area contributed by atoms with E-state index in [1.54, 1.807) is 0 Å². The van der Waals surface area contributed by atoms with Crippen LogP contribution in [0.5, 0.6) is 0 Å². The number of aliphatic imine (C=N–C) groups is 1. The summed E-state index contributed by atoms with van der Waals surface area (Å²) < 4.78 is 0. The maximum atomic E-state index is 12.0. The molecule has 0 bridgehead atoms. The molecule has 0 fully saturated rings. The molecule has 0 N–H and O–H groups in total. The summed E-state index contributed by atoms with van der Waals surface area (Å²) in [5.74, 6) is 0. The Labute approximate surface area is 134 Å². The molecule has 0 amide bonds. The van der Waals surface area contributed by atoms with Gasteiger partial charge in [0.2, 0.25) is 5.12 Å². The Balaban J connectivity index is 1.68. The van der Waals surface area contributed by atoms with Crippen molar-refractivity contribution >= 4 is 28.0 Å². The minimum atomic E-state index is 0.0203. The van der Waals surface area contributed by atoms with Gasteiger partial charge in [-0.15, -0.1) is 0 Å². The third-order valence-electron chi connectivity index (χ3n) is 3.20. The van der Waals surface area contributed by atoms with E-state index in [0.717, 1.165) is 16.2 Å². The summed E-state index contributed by atoms with van der Waals surface area (Å²) in [5, 5.41) is 0.802. The Kier molecular flexibility index (Phi) is 4.66. The number of hydrogen-bond donors (Lipinski definition) is 0. The molecule has 0 aromatic heterocycles. The second kappa shape index (κ2) is 7.05. The molecule has 0 spiro atoms. The topological polar surface area (TPSA) is 29.4 Å². The van der Waals surface area contributed by atoms with Gasteiger partial charge >= 0.3 is 0 Å². The van der Waals surface area contributed by atoms with E-state index in [0.29, 0.717) is 12.1 Å². The Bertz CT molecular complexity index is 746. The van der Waals surface area contributed by atoms with Gasteiger partial charge in [-0.05, 0) is 23.7 Å². The normalized spacial score (nSPS) is 16.5. The van der Waals surface area contributed by atoms with Gasteiger partial charge in [-0.25, -0.2) is 4.99 Å². The highest BCUT2D eigenvalue weighted by Crippen LogP contribution is 2.27. The molecule has 2 aromatic rings. The van der Waals surface area contributed by atoms with Gasteiger partial charge in [0.05, 0.1) is 0 Å². The van der Waals surface area contributed by atoms with Crippen molar-refractivity contribution in [1.82, 2.24) is 0 Å². The first-order valence-electron chi connectivity index (χ1n) is 7.11. The highest BCUT2D eigenvalue weighted by molar-refractivity contribution is 8.27. The largest absolute Gasteiger partial charge is 0.279 e. The molecule has 3 heteroatoms. The van der Waals surface area contributed by atoms with E-state index >= 15 is 0 Å². The number of carbonyl (C=O) groups is 1. The van der Waals surface area contributed by atoms with Crippen molar-refractivity contribution in [2.24, 2.45) is 4.99 Å². The predicted molar refractivity (Wildman–Crippen MR) is 93.8 cm³/mol. The molecular formula is C19H15NOS. The average Bonchev–Trinajstić information content (AvgIpc) is 2.94. The Morgan fingerprint density at radius 2 is 1.64 bits per heavy atom. The first-order chi connectivity index (χ1) is 10.8. The molecule has 2 nitrogen and oxygen atoms in total. The van der Waals surface area contributed by atoms with Gasteiger partial charge in [-0.1, -0.05) is 78.9 Å². The van der Waals surface area contributed by atoms with E-state index in [-0.39, 0.29) is 5.12 Å². The van der Waals surface area contributed by atoms with Crippen molar-refractivity contribution in [3.63, 3.8) is 0 Å². The van der Waals surface area contributed by atoms with Gasteiger partial charge in [0.25, 0.3) is 0 Å². The van der Waals surface area contributed by atoms with Gasteiger partial charge in [-0.3, -0.25) is 4.79 Å². The van der Waals surface area contributed by atoms with Crippen molar-refractivity contribution in [3.05, 3.63) is 89.6 Å². The molecule has 108 valence electrons. The lowest BCUT2D eigenvalue weighted by Crippen LogP contribution is -1.91. The molecule has 0 radical (unpaired) electrons. The van der Waals surface area contributed by atoms with E-state index in [9.17, 15) is 4.79 Å². The monoisotopic (exact) mass is 305 g/mol. The van der Waals surface area contributed by atoms with Crippen LogP contribution in [-0.4, -0.2) is 10.2 Å². The lowest BCUT2D eigenvalue weighted by Gasteiger charge is -1.95. The second-order valence-corrected chi connectivity index (χ2v) is 5.77. The third-order valence-corrected chi connectivity index (χ3v) is 4.11. The highest BCUT2D eigenvalue weighted by atomic mass is 32.2. The van der Waals surface area contributed by atoms with Gasteiger partial charge in [-0.2, -0.15) is 0 Å². The van der Waals surface area contributed by atoms with Crippen molar-refractivity contribution in [3.8, 4) is 0 Å². The molecule has 1 heterocycles. The fourth-order valence-electron chi connectivity index (χ4n) is 2.10. The van der Waals surface area contributed by atoms with Crippen LogP contribution in [-0.2, 0) is 4.79 Å². The summed E-state index contributed by atoms with van der Waals surface area (Å²) in [4.78, 5) is 16.4. The number of allylic oxidation sites excluding steroid dienone is 2. The first-order valence-corrected chi connectivity index (χ1v) is 7.92. The summed E-state index contributed by atoms with van der Waals surface area (Å²) in [6.45, 7) is 0. The number of nitrogens with zero attached hydrogens (tertiary/aromatic N) is 1. The molecule has 1 aliphatic rings. The second-order valence-electron chi connectivity index (χ2n) is 4.81. The molecule has 0 unspecified atom stereocenters. The number of thioether (sulfide) groups is 1. The van der Waals surface area contributed by atoms with E-state index in [4.69, 9.17) is 0 Å². The van der Waals surface area contributed by atoms with Crippen molar-refractivity contribution in [1.29, 1.82) is 0 Å². The predicted octanol–water partition coefficient (Wildman–Crippen LogP) is 4.69. The van der Waals surface area contributed by atoms with Crippen molar-refractivity contribution in [2.45, 2.75) is 6.42 Å². The quantitative estimate of drug-likeness (QED) is 0.767. The fourth-order valence-corrected chi connectivity index (χ4v) is 2.91.